The fraction of sp³-hybridized carbons (Fsp3) is 0.562. The summed E-state index contributed by atoms with van der Waals surface area (Å²) in [5.74, 6) is 0.155. The van der Waals surface area contributed by atoms with Crippen LogP contribution in [0, 0.1) is 18.3 Å². The van der Waals surface area contributed by atoms with Gasteiger partial charge in [0.25, 0.3) is 0 Å². The van der Waals surface area contributed by atoms with Gasteiger partial charge in [-0.15, -0.1) is 0 Å². The number of benzene rings is 1. The van der Waals surface area contributed by atoms with Crippen LogP contribution < -0.4 is 11.1 Å². The third kappa shape index (κ3) is 3.65. The minimum atomic E-state index is -0.405. The number of hydrogen-bond acceptors (Lipinski definition) is 4. The summed E-state index contributed by atoms with van der Waals surface area (Å²) in [5.41, 5.74) is 8.76. The van der Waals surface area contributed by atoms with Crippen molar-refractivity contribution in [2.75, 3.05) is 24.7 Å². The van der Waals surface area contributed by atoms with E-state index in [4.69, 9.17) is 10.5 Å². The molecule has 1 aromatic carbocycles. The van der Waals surface area contributed by atoms with Crippen LogP contribution >= 0.6 is 0 Å². The molecule has 0 spiro atoms. The molecule has 0 fully saturated rings. The van der Waals surface area contributed by atoms with E-state index < -0.39 is 5.97 Å². The third-order valence-corrected chi connectivity index (χ3v) is 4.10. The van der Waals surface area contributed by atoms with Gasteiger partial charge in [-0.3, -0.25) is 0 Å². The number of carbonyl (C=O) groups is 1. The quantitative estimate of drug-likeness (QED) is 0.639. The average molecular weight is 278 g/mol. The molecule has 0 aliphatic rings. The average Bonchev–Trinajstić information content (AvgIpc) is 2.38. The molecule has 0 aliphatic heterocycles. The minimum absolute atomic E-state index is 0.167. The maximum absolute atomic E-state index is 11.7. The molecule has 20 heavy (non-hydrogen) atoms. The van der Waals surface area contributed by atoms with Crippen LogP contribution in [0.5, 0.6) is 0 Å². The number of rotatable bonds is 5. The summed E-state index contributed by atoms with van der Waals surface area (Å²) in [7, 11) is 1.36. The molecular weight excluding hydrogens is 252 g/mol. The Hall–Kier alpha value is -1.71. The van der Waals surface area contributed by atoms with Gasteiger partial charge in [0.15, 0.2) is 0 Å². The number of nitrogens with two attached hydrogens (primary N) is 1. The number of nitrogen functional groups attached to an aromatic ring is 1. The van der Waals surface area contributed by atoms with Gasteiger partial charge in [-0.1, -0.05) is 27.7 Å². The maximum atomic E-state index is 11.7. The first-order valence-corrected chi connectivity index (χ1v) is 6.91. The maximum Gasteiger partial charge on any atom is 0.340 e. The van der Waals surface area contributed by atoms with Crippen LogP contribution in [0.3, 0.4) is 0 Å². The molecule has 0 saturated carbocycles. The Kier molecular flexibility index (Phi) is 5.03. The standard InChI is InChI=1S/C16H26N2O2/c1-10(2)16(4,5)9-18-12-7-11(3)14(17)13(8-12)15(19)20-6/h7-8,10,18H,9,17H2,1-6H3. The van der Waals surface area contributed by atoms with E-state index >= 15 is 0 Å². The van der Waals surface area contributed by atoms with Crippen LogP contribution in [0.2, 0.25) is 0 Å². The van der Waals surface area contributed by atoms with Gasteiger partial charge in [-0.05, 0) is 36.0 Å². The lowest BCUT2D eigenvalue weighted by Gasteiger charge is -2.30. The highest BCUT2D eigenvalue weighted by atomic mass is 16.5. The van der Waals surface area contributed by atoms with E-state index in [-0.39, 0.29) is 5.41 Å². The first kappa shape index (κ1) is 16.3. The van der Waals surface area contributed by atoms with E-state index in [0.29, 0.717) is 17.2 Å². The SMILES string of the molecule is COC(=O)c1cc(NCC(C)(C)C(C)C)cc(C)c1N. The lowest BCUT2D eigenvalue weighted by Crippen LogP contribution is -2.28. The van der Waals surface area contributed by atoms with Gasteiger partial charge in [-0.25, -0.2) is 4.79 Å². The van der Waals surface area contributed by atoms with Crippen molar-refractivity contribution in [1.82, 2.24) is 0 Å². The molecule has 1 rings (SSSR count). The Morgan fingerprint density at radius 1 is 1.40 bits per heavy atom. The molecule has 1 aromatic rings. The second-order valence-electron chi connectivity index (χ2n) is 6.24. The highest BCUT2D eigenvalue weighted by Gasteiger charge is 2.22. The van der Waals surface area contributed by atoms with Crippen LogP contribution in [0.4, 0.5) is 11.4 Å². The van der Waals surface area contributed by atoms with Crippen molar-refractivity contribution < 1.29 is 9.53 Å². The van der Waals surface area contributed by atoms with Gasteiger partial charge in [0, 0.05) is 17.9 Å². The van der Waals surface area contributed by atoms with Crippen molar-refractivity contribution >= 4 is 17.3 Å². The molecule has 3 N–H and O–H groups in total. The minimum Gasteiger partial charge on any atom is -0.465 e. The first-order chi connectivity index (χ1) is 9.19. The number of methoxy groups -OCH3 is 1. The van der Waals surface area contributed by atoms with E-state index in [1.54, 1.807) is 6.07 Å². The largest absolute Gasteiger partial charge is 0.465 e. The predicted octanol–water partition coefficient (Wildman–Crippen LogP) is 3.46. The van der Waals surface area contributed by atoms with E-state index in [0.717, 1.165) is 17.8 Å². The Morgan fingerprint density at radius 3 is 2.50 bits per heavy atom. The zero-order chi connectivity index (χ0) is 15.5. The summed E-state index contributed by atoms with van der Waals surface area (Å²) in [5, 5.41) is 3.39. The van der Waals surface area contributed by atoms with Crippen molar-refractivity contribution in [3.05, 3.63) is 23.3 Å². The van der Waals surface area contributed by atoms with Gasteiger partial charge in [-0.2, -0.15) is 0 Å². The Morgan fingerprint density at radius 2 is 2.00 bits per heavy atom. The molecule has 0 bridgehead atoms. The Balaban J connectivity index is 2.98. The molecule has 112 valence electrons. The summed E-state index contributed by atoms with van der Waals surface area (Å²) in [6, 6.07) is 3.71. The molecule has 0 atom stereocenters. The van der Waals surface area contributed by atoms with E-state index in [2.05, 4.69) is 33.0 Å². The summed E-state index contributed by atoms with van der Waals surface area (Å²) < 4.78 is 4.76. The fourth-order valence-electron chi connectivity index (χ4n) is 1.71. The normalized spacial score (nSPS) is 11.6. The molecule has 0 aromatic heterocycles. The lowest BCUT2D eigenvalue weighted by molar-refractivity contribution is 0.0602. The zero-order valence-corrected chi connectivity index (χ0v) is 13.3. The number of anilines is 2. The van der Waals surface area contributed by atoms with Crippen molar-refractivity contribution in [2.45, 2.75) is 34.6 Å². The third-order valence-electron chi connectivity index (χ3n) is 4.10. The number of ether oxygens (including phenoxy) is 1. The summed E-state index contributed by atoms with van der Waals surface area (Å²) >= 11 is 0. The summed E-state index contributed by atoms with van der Waals surface area (Å²) in [6.45, 7) is 11.6. The molecule has 4 nitrogen and oxygen atoms in total. The van der Waals surface area contributed by atoms with Crippen LogP contribution in [-0.2, 0) is 4.74 Å². The van der Waals surface area contributed by atoms with E-state index in [1.165, 1.54) is 7.11 Å². The van der Waals surface area contributed by atoms with Crippen LogP contribution in [-0.4, -0.2) is 19.6 Å². The van der Waals surface area contributed by atoms with E-state index in [1.807, 2.05) is 13.0 Å². The molecule has 0 saturated heterocycles. The molecule has 0 amide bonds. The second kappa shape index (κ2) is 6.16. The molecule has 0 unspecified atom stereocenters. The first-order valence-electron chi connectivity index (χ1n) is 6.91. The summed E-state index contributed by atoms with van der Waals surface area (Å²) in [4.78, 5) is 11.7. The monoisotopic (exact) mass is 278 g/mol. The lowest BCUT2D eigenvalue weighted by atomic mass is 9.81. The molecule has 0 heterocycles. The van der Waals surface area contributed by atoms with Gasteiger partial charge < -0.3 is 15.8 Å². The number of aryl methyl sites for hydroxylation is 1. The van der Waals surface area contributed by atoms with Gasteiger partial charge in [0.2, 0.25) is 0 Å². The highest BCUT2D eigenvalue weighted by molar-refractivity contribution is 5.97. The summed E-state index contributed by atoms with van der Waals surface area (Å²) in [6.07, 6.45) is 0. The number of nitrogens with one attached hydrogen (secondary N) is 1. The van der Waals surface area contributed by atoms with Gasteiger partial charge in [0.1, 0.15) is 0 Å². The van der Waals surface area contributed by atoms with Crippen molar-refractivity contribution in [3.8, 4) is 0 Å². The fourth-order valence-corrected chi connectivity index (χ4v) is 1.71. The smallest absolute Gasteiger partial charge is 0.340 e. The highest BCUT2D eigenvalue weighted by Crippen LogP contribution is 2.28. The van der Waals surface area contributed by atoms with Gasteiger partial charge >= 0.3 is 5.97 Å². The van der Waals surface area contributed by atoms with E-state index in [9.17, 15) is 4.79 Å². The van der Waals surface area contributed by atoms with Crippen LogP contribution in [0.25, 0.3) is 0 Å². The van der Waals surface area contributed by atoms with Crippen molar-refractivity contribution in [1.29, 1.82) is 0 Å². The Labute approximate surface area is 121 Å². The van der Waals surface area contributed by atoms with Crippen LogP contribution in [0.1, 0.15) is 43.6 Å². The van der Waals surface area contributed by atoms with Crippen LogP contribution in [0.15, 0.2) is 12.1 Å². The molecule has 0 radical (unpaired) electrons. The number of hydrogen-bond donors (Lipinski definition) is 2. The molecule has 0 aliphatic carbocycles. The number of esters is 1. The topological polar surface area (TPSA) is 64.3 Å². The predicted molar refractivity (Wildman–Crippen MR) is 84.0 cm³/mol. The number of carbonyl (C=O) groups excluding carboxylic acids is 1. The molecule has 4 heteroatoms. The van der Waals surface area contributed by atoms with Crippen molar-refractivity contribution in [2.24, 2.45) is 11.3 Å². The van der Waals surface area contributed by atoms with Crippen molar-refractivity contribution in [3.63, 3.8) is 0 Å². The zero-order valence-electron chi connectivity index (χ0n) is 13.3. The molecular formula is C16H26N2O2. The van der Waals surface area contributed by atoms with Gasteiger partial charge in [0.05, 0.1) is 12.7 Å². The second-order valence-corrected chi connectivity index (χ2v) is 6.24. The Bertz CT molecular complexity index is 493.